The average Bonchev–Trinajstić information content (AvgIpc) is 1.90. The lowest BCUT2D eigenvalue weighted by molar-refractivity contribution is 0.341. The Bertz CT molecular complexity index is 86.9. The lowest BCUT2D eigenvalue weighted by Crippen LogP contribution is -1.85. The maximum Gasteiger partial charge on any atom is 0.0615 e. The van der Waals surface area contributed by atoms with Crippen molar-refractivity contribution in [2.75, 3.05) is 6.61 Å². The van der Waals surface area contributed by atoms with E-state index in [2.05, 4.69) is 13.8 Å². The smallest absolute Gasteiger partial charge is 0.0615 e. The normalized spacial score (nSPS) is 9.50. The Kier molecular flexibility index (Phi) is 6.61. The van der Waals surface area contributed by atoms with E-state index in [1.165, 1.54) is 18.4 Å². The molecule has 0 aliphatic rings. The minimum Gasteiger partial charge on any atom is -0.392 e. The minimum absolute atomic E-state index is 0.204. The van der Waals surface area contributed by atoms with E-state index < -0.39 is 0 Å². The van der Waals surface area contributed by atoms with Gasteiger partial charge in [0.15, 0.2) is 0 Å². The monoisotopic (exact) mass is 142 g/mol. The van der Waals surface area contributed by atoms with Gasteiger partial charge in [0.1, 0.15) is 0 Å². The van der Waals surface area contributed by atoms with Gasteiger partial charge in [0.25, 0.3) is 0 Å². The highest BCUT2D eigenvalue weighted by atomic mass is 16.2. The molecule has 0 atom stereocenters. The van der Waals surface area contributed by atoms with Crippen LogP contribution in [0.5, 0.6) is 0 Å². The van der Waals surface area contributed by atoms with Gasteiger partial charge in [-0.2, -0.15) is 0 Å². The fourth-order valence-electron chi connectivity index (χ4n) is 1.10. The molecular formula is C9H18O. The molecule has 0 saturated heterocycles. The summed E-state index contributed by atoms with van der Waals surface area (Å²) in [6.45, 7) is 4.54. The lowest BCUT2D eigenvalue weighted by atomic mass is 10.1. The number of hydrogen-bond donors (Lipinski definition) is 1. The van der Waals surface area contributed by atoms with Gasteiger partial charge in [0.05, 0.1) is 6.61 Å². The van der Waals surface area contributed by atoms with Crippen LogP contribution in [0, 0.1) is 0 Å². The first-order valence-corrected chi connectivity index (χ1v) is 4.13. The largest absolute Gasteiger partial charge is 0.392 e. The van der Waals surface area contributed by atoms with E-state index in [1.54, 1.807) is 0 Å². The molecule has 0 amide bonds. The maximum atomic E-state index is 8.61. The number of aliphatic hydroxyl groups is 1. The fourth-order valence-corrected chi connectivity index (χ4v) is 1.10. The van der Waals surface area contributed by atoms with Gasteiger partial charge >= 0.3 is 0 Å². The topological polar surface area (TPSA) is 20.2 Å². The molecule has 1 heteroatoms. The van der Waals surface area contributed by atoms with Gasteiger partial charge < -0.3 is 5.11 Å². The highest BCUT2D eigenvalue weighted by molar-refractivity contribution is 5.01. The van der Waals surface area contributed by atoms with Crippen LogP contribution >= 0.6 is 0 Å². The molecule has 0 bridgehead atoms. The summed E-state index contributed by atoms with van der Waals surface area (Å²) in [5.41, 5.74) is 1.41. The van der Waals surface area contributed by atoms with Crippen LogP contribution in [-0.4, -0.2) is 11.7 Å². The van der Waals surface area contributed by atoms with Crippen LogP contribution in [0.3, 0.4) is 0 Å². The highest BCUT2D eigenvalue weighted by Gasteiger charge is 1.92. The average molecular weight is 142 g/mol. The number of aliphatic hydroxyl groups excluding tert-OH is 1. The zero-order valence-electron chi connectivity index (χ0n) is 7.06. The Balaban J connectivity index is 3.60. The number of allylic oxidation sites excluding steroid dienone is 1. The van der Waals surface area contributed by atoms with Gasteiger partial charge in [-0.15, -0.1) is 0 Å². The van der Waals surface area contributed by atoms with Gasteiger partial charge in [0, 0.05) is 0 Å². The first-order valence-electron chi connectivity index (χ1n) is 4.13. The van der Waals surface area contributed by atoms with E-state index in [9.17, 15) is 0 Å². The minimum atomic E-state index is 0.204. The zero-order chi connectivity index (χ0) is 7.82. The second kappa shape index (κ2) is 6.81. The molecule has 0 radical (unpaired) electrons. The van der Waals surface area contributed by atoms with Crippen molar-refractivity contribution in [3.8, 4) is 0 Å². The van der Waals surface area contributed by atoms with Crippen molar-refractivity contribution in [1.82, 2.24) is 0 Å². The summed E-state index contributed by atoms with van der Waals surface area (Å²) in [5.74, 6) is 0. The maximum absolute atomic E-state index is 8.61. The summed E-state index contributed by atoms with van der Waals surface area (Å²) in [4.78, 5) is 0. The van der Waals surface area contributed by atoms with Crippen LogP contribution in [-0.2, 0) is 0 Å². The fraction of sp³-hybridized carbons (Fsp3) is 0.778. The Labute approximate surface area is 63.8 Å². The van der Waals surface area contributed by atoms with Gasteiger partial charge in [-0.25, -0.2) is 0 Å². The van der Waals surface area contributed by atoms with Crippen molar-refractivity contribution < 1.29 is 5.11 Å². The predicted molar refractivity (Wildman–Crippen MR) is 45.0 cm³/mol. The van der Waals surface area contributed by atoms with E-state index in [0.29, 0.717) is 0 Å². The summed E-state index contributed by atoms with van der Waals surface area (Å²) >= 11 is 0. The molecule has 0 rings (SSSR count). The standard InChI is InChI=1S/C9H18O/c1-3-5-9(6-4-2)7-8-10/h7,10H,3-6,8H2,1-2H3. The first-order chi connectivity index (χ1) is 4.85. The lowest BCUT2D eigenvalue weighted by Gasteiger charge is -2.01. The van der Waals surface area contributed by atoms with Gasteiger partial charge in [-0.1, -0.05) is 38.3 Å². The van der Waals surface area contributed by atoms with Crippen molar-refractivity contribution in [3.63, 3.8) is 0 Å². The van der Waals surface area contributed by atoms with Crippen molar-refractivity contribution in [2.45, 2.75) is 39.5 Å². The third kappa shape index (κ3) is 4.57. The van der Waals surface area contributed by atoms with E-state index in [-0.39, 0.29) is 6.61 Å². The molecular weight excluding hydrogens is 124 g/mol. The van der Waals surface area contributed by atoms with Gasteiger partial charge in [-0.3, -0.25) is 0 Å². The summed E-state index contributed by atoms with van der Waals surface area (Å²) < 4.78 is 0. The Hall–Kier alpha value is -0.300. The highest BCUT2D eigenvalue weighted by Crippen LogP contribution is 2.10. The van der Waals surface area contributed by atoms with Crippen LogP contribution in [0.4, 0.5) is 0 Å². The molecule has 0 fully saturated rings. The van der Waals surface area contributed by atoms with E-state index in [1.807, 2.05) is 6.08 Å². The van der Waals surface area contributed by atoms with Crippen LogP contribution in [0.1, 0.15) is 39.5 Å². The van der Waals surface area contributed by atoms with Crippen molar-refractivity contribution in [3.05, 3.63) is 11.6 Å². The van der Waals surface area contributed by atoms with E-state index in [0.717, 1.165) is 12.8 Å². The molecule has 0 aromatic rings. The second-order valence-electron chi connectivity index (χ2n) is 2.54. The molecule has 10 heavy (non-hydrogen) atoms. The SMILES string of the molecule is CCCC(=CCO)CCC. The van der Waals surface area contributed by atoms with E-state index >= 15 is 0 Å². The Morgan fingerprint density at radius 2 is 1.70 bits per heavy atom. The molecule has 0 aliphatic heterocycles. The molecule has 0 heterocycles. The van der Waals surface area contributed by atoms with E-state index in [4.69, 9.17) is 5.11 Å². The molecule has 1 nitrogen and oxygen atoms in total. The van der Waals surface area contributed by atoms with Crippen LogP contribution in [0.15, 0.2) is 11.6 Å². The third-order valence-electron chi connectivity index (χ3n) is 1.52. The molecule has 0 aromatic carbocycles. The molecule has 0 unspecified atom stereocenters. The Morgan fingerprint density at radius 3 is 2.00 bits per heavy atom. The molecule has 1 N–H and O–H groups in total. The molecule has 0 aliphatic carbocycles. The molecule has 0 aromatic heterocycles. The first kappa shape index (κ1) is 9.70. The molecule has 0 saturated carbocycles. The van der Waals surface area contributed by atoms with Crippen LogP contribution < -0.4 is 0 Å². The van der Waals surface area contributed by atoms with Crippen molar-refractivity contribution in [1.29, 1.82) is 0 Å². The zero-order valence-corrected chi connectivity index (χ0v) is 7.06. The summed E-state index contributed by atoms with van der Waals surface area (Å²) in [5, 5.41) is 8.61. The molecule has 60 valence electrons. The van der Waals surface area contributed by atoms with Crippen LogP contribution in [0.2, 0.25) is 0 Å². The second-order valence-corrected chi connectivity index (χ2v) is 2.54. The summed E-state index contributed by atoms with van der Waals surface area (Å²) in [7, 11) is 0. The Morgan fingerprint density at radius 1 is 1.20 bits per heavy atom. The predicted octanol–water partition coefficient (Wildman–Crippen LogP) is 2.51. The van der Waals surface area contributed by atoms with Gasteiger partial charge in [0.2, 0.25) is 0 Å². The third-order valence-corrected chi connectivity index (χ3v) is 1.52. The quantitative estimate of drug-likeness (QED) is 0.585. The number of rotatable bonds is 5. The summed E-state index contributed by atoms with van der Waals surface area (Å²) in [6, 6.07) is 0. The van der Waals surface area contributed by atoms with Crippen molar-refractivity contribution in [2.24, 2.45) is 0 Å². The van der Waals surface area contributed by atoms with Crippen LogP contribution in [0.25, 0.3) is 0 Å². The summed E-state index contributed by atoms with van der Waals surface area (Å²) in [6.07, 6.45) is 6.60. The number of hydrogen-bond acceptors (Lipinski definition) is 1. The van der Waals surface area contributed by atoms with Gasteiger partial charge in [-0.05, 0) is 12.8 Å². The molecule has 0 spiro atoms. The van der Waals surface area contributed by atoms with Crippen molar-refractivity contribution >= 4 is 0 Å².